The van der Waals surface area contributed by atoms with Crippen LogP contribution in [0.2, 0.25) is 5.02 Å². The van der Waals surface area contributed by atoms with Crippen molar-refractivity contribution in [2.45, 2.75) is 26.2 Å². The fourth-order valence-electron chi connectivity index (χ4n) is 1.48. The fourth-order valence-corrected chi connectivity index (χ4v) is 2.80. The van der Waals surface area contributed by atoms with Crippen LogP contribution < -0.4 is 0 Å². The maximum Gasteiger partial charge on any atom is 0.175 e. The largest absolute Gasteiger partial charge is 0.293 e. The van der Waals surface area contributed by atoms with Crippen LogP contribution in [0.1, 0.15) is 36.5 Å². The number of hydrogen-bond donors (Lipinski definition) is 0. The van der Waals surface area contributed by atoms with E-state index in [1.54, 1.807) is 24.3 Å². The first-order valence-electron chi connectivity index (χ1n) is 5.77. The quantitative estimate of drug-likeness (QED) is 0.563. The highest BCUT2D eigenvalue weighted by molar-refractivity contribution is 7.85. The molecule has 17 heavy (non-hydrogen) atoms. The molecule has 0 saturated carbocycles. The number of benzene rings is 1. The number of Topliss-reactive ketones (excluding diaryl/α,β-unsaturated/α-hetero) is 1. The number of carbonyl (C=O) groups is 1. The summed E-state index contributed by atoms with van der Waals surface area (Å²) in [7, 11) is -1.05. The third-order valence-electron chi connectivity index (χ3n) is 2.41. The summed E-state index contributed by atoms with van der Waals surface area (Å²) in [4.78, 5) is 11.8. The number of unbranched alkanes of at least 4 members (excludes halogenated alkanes) is 2. The van der Waals surface area contributed by atoms with Crippen LogP contribution in [0.3, 0.4) is 0 Å². The molecule has 1 atom stereocenters. The van der Waals surface area contributed by atoms with Crippen LogP contribution in [0, 0.1) is 0 Å². The molecule has 1 aromatic carbocycles. The minimum atomic E-state index is -1.05. The summed E-state index contributed by atoms with van der Waals surface area (Å²) in [5.41, 5.74) is 0.543. The van der Waals surface area contributed by atoms with E-state index in [4.69, 9.17) is 11.6 Å². The van der Waals surface area contributed by atoms with Gasteiger partial charge in [0.25, 0.3) is 0 Å². The first-order valence-corrected chi connectivity index (χ1v) is 7.64. The summed E-state index contributed by atoms with van der Waals surface area (Å²) >= 11 is 5.80. The lowest BCUT2D eigenvalue weighted by Gasteiger charge is -2.02. The van der Waals surface area contributed by atoms with Crippen molar-refractivity contribution in [2.24, 2.45) is 0 Å². The predicted octanol–water partition coefficient (Wildman–Crippen LogP) is 3.46. The molecule has 94 valence electrons. The first-order chi connectivity index (χ1) is 8.13. The topological polar surface area (TPSA) is 34.1 Å². The molecular formula is C13H17ClO2S. The lowest BCUT2D eigenvalue weighted by atomic mass is 10.1. The van der Waals surface area contributed by atoms with E-state index >= 15 is 0 Å². The zero-order chi connectivity index (χ0) is 12.7. The van der Waals surface area contributed by atoms with Crippen molar-refractivity contribution in [1.82, 2.24) is 0 Å². The van der Waals surface area contributed by atoms with E-state index < -0.39 is 10.8 Å². The molecule has 0 spiro atoms. The van der Waals surface area contributed by atoms with Crippen LogP contribution in [0.25, 0.3) is 0 Å². The Morgan fingerprint density at radius 3 is 2.76 bits per heavy atom. The molecule has 0 aliphatic rings. The second kappa shape index (κ2) is 7.62. The monoisotopic (exact) mass is 272 g/mol. The van der Waals surface area contributed by atoms with Gasteiger partial charge in [0.2, 0.25) is 0 Å². The number of halogens is 1. The van der Waals surface area contributed by atoms with Gasteiger partial charge in [0.1, 0.15) is 0 Å². The smallest absolute Gasteiger partial charge is 0.175 e. The van der Waals surface area contributed by atoms with E-state index in [-0.39, 0.29) is 11.5 Å². The van der Waals surface area contributed by atoms with Crippen LogP contribution in [0.4, 0.5) is 0 Å². The second-order valence-electron chi connectivity index (χ2n) is 3.93. The number of carbonyl (C=O) groups excluding carboxylic acids is 1. The van der Waals surface area contributed by atoms with Gasteiger partial charge in [-0.2, -0.15) is 0 Å². The van der Waals surface area contributed by atoms with Gasteiger partial charge in [-0.1, -0.05) is 43.5 Å². The van der Waals surface area contributed by atoms with Crippen molar-refractivity contribution in [3.05, 3.63) is 34.9 Å². The summed E-state index contributed by atoms with van der Waals surface area (Å²) in [6, 6.07) is 6.77. The molecule has 1 rings (SSSR count). The molecule has 1 unspecified atom stereocenters. The molecule has 1 aromatic rings. The van der Waals surface area contributed by atoms with Gasteiger partial charge in [0.05, 0.1) is 5.75 Å². The number of hydrogen-bond acceptors (Lipinski definition) is 2. The van der Waals surface area contributed by atoms with Crippen LogP contribution in [0.5, 0.6) is 0 Å². The zero-order valence-electron chi connectivity index (χ0n) is 9.95. The molecule has 0 aliphatic heterocycles. The third kappa shape index (κ3) is 5.46. The highest BCUT2D eigenvalue weighted by Gasteiger charge is 2.10. The van der Waals surface area contributed by atoms with E-state index in [0.29, 0.717) is 16.3 Å². The predicted molar refractivity (Wildman–Crippen MR) is 73.2 cm³/mol. The Morgan fingerprint density at radius 1 is 1.35 bits per heavy atom. The van der Waals surface area contributed by atoms with E-state index in [2.05, 4.69) is 6.92 Å². The molecule has 0 N–H and O–H groups in total. The lowest BCUT2D eigenvalue weighted by Crippen LogP contribution is -2.13. The molecule has 4 heteroatoms. The van der Waals surface area contributed by atoms with Crippen molar-refractivity contribution >= 4 is 28.2 Å². The van der Waals surface area contributed by atoms with Gasteiger partial charge in [0, 0.05) is 27.1 Å². The third-order valence-corrected chi connectivity index (χ3v) is 3.98. The maximum atomic E-state index is 11.8. The molecule has 0 bridgehead atoms. The summed E-state index contributed by atoms with van der Waals surface area (Å²) in [6.07, 6.45) is 3.09. The minimum Gasteiger partial charge on any atom is -0.293 e. The molecule has 0 fully saturated rings. The SMILES string of the molecule is CCCCCS(=O)CC(=O)c1cccc(Cl)c1. The lowest BCUT2D eigenvalue weighted by molar-refractivity contribution is 0.102. The van der Waals surface area contributed by atoms with Crippen LogP contribution in [-0.4, -0.2) is 21.5 Å². The highest BCUT2D eigenvalue weighted by atomic mass is 35.5. The highest BCUT2D eigenvalue weighted by Crippen LogP contribution is 2.11. The van der Waals surface area contributed by atoms with E-state index in [9.17, 15) is 9.00 Å². The van der Waals surface area contributed by atoms with Crippen LogP contribution >= 0.6 is 11.6 Å². The zero-order valence-corrected chi connectivity index (χ0v) is 11.5. The van der Waals surface area contributed by atoms with E-state index in [1.807, 2.05) is 0 Å². The molecule has 0 heterocycles. The van der Waals surface area contributed by atoms with Crippen molar-refractivity contribution in [2.75, 3.05) is 11.5 Å². The van der Waals surface area contributed by atoms with Crippen molar-refractivity contribution in [3.8, 4) is 0 Å². The Labute approximate surface area is 110 Å². The molecule has 0 saturated heterocycles. The van der Waals surface area contributed by atoms with Crippen molar-refractivity contribution in [3.63, 3.8) is 0 Å². The van der Waals surface area contributed by atoms with E-state index in [1.165, 1.54) is 0 Å². The Morgan fingerprint density at radius 2 is 2.12 bits per heavy atom. The molecular weight excluding hydrogens is 256 g/mol. The fraction of sp³-hybridized carbons (Fsp3) is 0.462. The Hall–Kier alpha value is -0.670. The molecule has 2 nitrogen and oxygen atoms in total. The normalized spacial score (nSPS) is 12.4. The maximum absolute atomic E-state index is 11.8. The molecule has 0 aromatic heterocycles. The van der Waals surface area contributed by atoms with Crippen molar-refractivity contribution < 1.29 is 9.00 Å². The average Bonchev–Trinajstić information content (AvgIpc) is 2.29. The number of ketones is 1. The van der Waals surface area contributed by atoms with Gasteiger partial charge in [-0.05, 0) is 18.6 Å². The van der Waals surface area contributed by atoms with Gasteiger partial charge in [-0.3, -0.25) is 9.00 Å². The summed E-state index contributed by atoms with van der Waals surface area (Å²) in [6.45, 7) is 2.10. The average molecular weight is 273 g/mol. The van der Waals surface area contributed by atoms with Crippen LogP contribution in [-0.2, 0) is 10.8 Å². The van der Waals surface area contributed by atoms with E-state index in [0.717, 1.165) is 19.3 Å². The summed E-state index contributed by atoms with van der Waals surface area (Å²) < 4.78 is 11.6. The minimum absolute atomic E-state index is 0.0951. The summed E-state index contributed by atoms with van der Waals surface area (Å²) in [5.74, 6) is 0.617. The van der Waals surface area contributed by atoms with Gasteiger partial charge in [-0.25, -0.2) is 0 Å². The summed E-state index contributed by atoms with van der Waals surface area (Å²) in [5, 5.41) is 0.535. The van der Waals surface area contributed by atoms with Crippen LogP contribution in [0.15, 0.2) is 24.3 Å². The Kier molecular flexibility index (Phi) is 6.45. The Bertz CT molecular complexity index is 404. The van der Waals surface area contributed by atoms with Gasteiger partial charge in [-0.15, -0.1) is 0 Å². The standard InChI is InChI=1S/C13H17ClO2S/c1-2-3-4-8-17(16)10-13(15)11-6-5-7-12(14)9-11/h5-7,9H,2-4,8,10H2,1H3. The van der Waals surface area contributed by atoms with Gasteiger partial charge >= 0.3 is 0 Å². The second-order valence-corrected chi connectivity index (χ2v) is 5.94. The Balaban J connectivity index is 2.46. The number of rotatable bonds is 7. The molecule has 0 aliphatic carbocycles. The van der Waals surface area contributed by atoms with Gasteiger partial charge in [0.15, 0.2) is 5.78 Å². The first kappa shape index (κ1) is 14.4. The molecule has 0 radical (unpaired) electrons. The van der Waals surface area contributed by atoms with Crippen molar-refractivity contribution in [1.29, 1.82) is 0 Å². The van der Waals surface area contributed by atoms with Gasteiger partial charge < -0.3 is 0 Å². The molecule has 0 amide bonds.